The number of benzene rings is 2. The first-order chi connectivity index (χ1) is 9.56. The molecule has 0 aromatic heterocycles. The third-order valence-corrected chi connectivity index (χ3v) is 4.11. The van der Waals surface area contributed by atoms with Gasteiger partial charge in [0.05, 0.1) is 0 Å². The number of nitrogens with two attached hydrogens (primary N) is 1. The molecule has 0 spiro atoms. The summed E-state index contributed by atoms with van der Waals surface area (Å²) < 4.78 is 13.4. The van der Waals surface area contributed by atoms with Crippen LogP contribution in [0.4, 0.5) is 4.39 Å². The van der Waals surface area contributed by atoms with Gasteiger partial charge in [-0.15, -0.1) is 0 Å². The molecule has 4 heteroatoms. The smallest absolute Gasteiger partial charge is 0.124 e. The van der Waals surface area contributed by atoms with Crippen molar-refractivity contribution >= 4 is 17.6 Å². The van der Waals surface area contributed by atoms with Crippen molar-refractivity contribution in [3.8, 4) is 0 Å². The van der Waals surface area contributed by atoms with E-state index in [-0.39, 0.29) is 11.7 Å². The van der Waals surface area contributed by atoms with Gasteiger partial charge in [0.25, 0.3) is 0 Å². The number of nitrogen functional groups attached to an aromatic ring is 1. The quantitative estimate of drug-likeness (QED) is 0.648. The largest absolute Gasteiger partial charge is 0.384 e. The fraction of sp³-hybridized carbons (Fsp3) is 0.188. The maximum atomic E-state index is 13.4. The second-order valence-electron chi connectivity index (χ2n) is 4.68. The van der Waals surface area contributed by atoms with E-state index in [4.69, 9.17) is 11.1 Å². The number of rotatable bonds is 5. The van der Waals surface area contributed by atoms with Gasteiger partial charge >= 0.3 is 0 Å². The Bertz CT molecular complexity index is 626. The summed E-state index contributed by atoms with van der Waals surface area (Å²) in [5.41, 5.74) is 9.26. The van der Waals surface area contributed by atoms with Crippen LogP contribution in [0.1, 0.15) is 22.3 Å². The number of hydrogen-bond donors (Lipinski definition) is 2. The average molecular weight is 288 g/mol. The van der Waals surface area contributed by atoms with E-state index >= 15 is 0 Å². The van der Waals surface area contributed by atoms with Crippen LogP contribution in [-0.4, -0.2) is 5.84 Å². The molecule has 0 aliphatic heterocycles. The van der Waals surface area contributed by atoms with Crippen LogP contribution in [-0.2, 0) is 11.5 Å². The molecule has 0 atom stereocenters. The lowest BCUT2D eigenvalue weighted by atomic mass is 10.1. The van der Waals surface area contributed by atoms with E-state index < -0.39 is 0 Å². The molecule has 0 unspecified atom stereocenters. The number of amidine groups is 1. The molecule has 0 amide bonds. The zero-order valence-corrected chi connectivity index (χ0v) is 12.1. The zero-order chi connectivity index (χ0) is 14.5. The maximum absolute atomic E-state index is 13.4. The minimum atomic E-state index is -0.343. The minimum absolute atomic E-state index is 0.102. The molecule has 2 rings (SSSR count). The van der Waals surface area contributed by atoms with Crippen LogP contribution in [0.2, 0.25) is 0 Å². The van der Waals surface area contributed by atoms with Crippen molar-refractivity contribution in [1.29, 1.82) is 5.41 Å². The lowest BCUT2D eigenvalue weighted by molar-refractivity contribution is 0.626. The first-order valence-corrected chi connectivity index (χ1v) is 7.48. The maximum Gasteiger partial charge on any atom is 0.124 e. The van der Waals surface area contributed by atoms with E-state index in [0.717, 1.165) is 11.3 Å². The van der Waals surface area contributed by atoms with Crippen LogP contribution in [0.5, 0.6) is 0 Å². The minimum Gasteiger partial charge on any atom is -0.384 e. The van der Waals surface area contributed by atoms with Crippen molar-refractivity contribution in [1.82, 2.24) is 0 Å². The third-order valence-electron chi connectivity index (χ3n) is 3.06. The number of hydrogen-bond acceptors (Lipinski definition) is 2. The molecule has 0 radical (unpaired) electrons. The summed E-state index contributed by atoms with van der Waals surface area (Å²) >= 11 is 1.72. The molecule has 0 fully saturated rings. The van der Waals surface area contributed by atoms with Gasteiger partial charge in [-0.05, 0) is 41.8 Å². The van der Waals surface area contributed by atoms with Crippen LogP contribution in [0.25, 0.3) is 0 Å². The lowest BCUT2D eigenvalue weighted by Gasteiger charge is -2.07. The predicted octanol–water partition coefficient (Wildman–Crippen LogP) is 3.85. The van der Waals surface area contributed by atoms with E-state index in [0.29, 0.717) is 11.3 Å². The second kappa shape index (κ2) is 6.57. The summed E-state index contributed by atoms with van der Waals surface area (Å²) in [6.07, 6.45) is 0. The SMILES string of the molecule is Cc1ccccc1CSCc1cc(F)cc(C(=N)N)c1. The standard InChI is InChI=1S/C16H17FN2S/c1-11-4-2-3-5-13(11)10-20-9-12-6-14(16(18)19)8-15(17)7-12/h2-8H,9-10H2,1H3,(H3,18,19). The van der Waals surface area contributed by atoms with Crippen molar-refractivity contribution in [3.05, 3.63) is 70.5 Å². The summed E-state index contributed by atoms with van der Waals surface area (Å²) in [6.45, 7) is 2.09. The molecular formula is C16H17FN2S. The predicted molar refractivity (Wildman–Crippen MR) is 83.6 cm³/mol. The van der Waals surface area contributed by atoms with E-state index in [1.807, 2.05) is 12.1 Å². The zero-order valence-electron chi connectivity index (χ0n) is 11.3. The number of halogens is 1. The Hall–Kier alpha value is -1.81. The van der Waals surface area contributed by atoms with Gasteiger partial charge in [0.1, 0.15) is 11.7 Å². The molecule has 0 bridgehead atoms. The molecule has 2 aromatic rings. The van der Waals surface area contributed by atoms with Crippen LogP contribution < -0.4 is 5.73 Å². The Labute approximate surface area is 122 Å². The van der Waals surface area contributed by atoms with Crippen LogP contribution in [0.3, 0.4) is 0 Å². The van der Waals surface area contributed by atoms with Crippen molar-refractivity contribution in [2.45, 2.75) is 18.4 Å². The number of thioether (sulfide) groups is 1. The highest BCUT2D eigenvalue weighted by Crippen LogP contribution is 2.21. The Morgan fingerprint density at radius 3 is 2.65 bits per heavy atom. The molecule has 0 saturated heterocycles. The summed E-state index contributed by atoms with van der Waals surface area (Å²) in [5.74, 6) is 1.14. The number of aryl methyl sites for hydroxylation is 1. The molecular weight excluding hydrogens is 271 g/mol. The average Bonchev–Trinajstić information content (AvgIpc) is 2.40. The van der Waals surface area contributed by atoms with E-state index in [1.54, 1.807) is 17.8 Å². The summed E-state index contributed by atoms with van der Waals surface area (Å²) in [6, 6.07) is 12.8. The van der Waals surface area contributed by atoms with Gasteiger partial charge in [-0.25, -0.2) is 4.39 Å². The third kappa shape index (κ3) is 3.84. The molecule has 0 aliphatic carbocycles. The summed E-state index contributed by atoms with van der Waals surface area (Å²) in [5, 5.41) is 7.37. The Morgan fingerprint density at radius 1 is 1.20 bits per heavy atom. The molecule has 104 valence electrons. The second-order valence-corrected chi connectivity index (χ2v) is 5.67. The van der Waals surface area contributed by atoms with E-state index in [9.17, 15) is 4.39 Å². The van der Waals surface area contributed by atoms with Gasteiger partial charge in [-0.3, -0.25) is 5.41 Å². The lowest BCUT2D eigenvalue weighted by Crippen LogP contribution is -2.11. The van der Waals surface area contributed by atoms with Crippen molar-refractivity contribution in [3.63, 3.8) is 0 Å². The first kappa shape index (κ1) is 14.6. The highest BCUT2D eigenvalue weighted by atomic mass is 32.2. The number of nitrogens with one attached hydrogen (secondary N) is 1. The fourth-order valence-corrected chi connectivity index (χ4v) is 2.99. The van der Waals surface area contributed by atoms with Gasteiger partial charge in [-0.1, -0.05) is 24.3 Å². The summed E-state index contributed by atoms with van der Waals surface area (Å²) in [4.78, 5) is 0. The molecule has 0 aliphatic rings. The molecule has 2 nitrogen and oxygen atoms in total. The van der Waals surface area contributed by atoms with E-state index in [2.05, 4.69) is 19.1 Å². The summed E-state index contributed by atoms with van der Waals surface area (Å²) in [7, 11) is 0. The van der Waals surface area contributed by atoms with Gasteiger partial charge in [0.2, 0.25) is 0 Å². The van der Waals surface area contributed by atoms with Gasteiger partial charge in [0, 0.05) is 17.1 Å². The molecule has 0 heterocycles. The Morgan fingerprint density at radius 2 is 1.95 bits per heavy atom. The normalized spacial score (nSPS) is 10.5. The Kier molecular flexibility index (Phi) is 4.79. The van der Waals surface area contributed by atoms with Crippen LogP contribution in [0, 0.1) is 18.2 Å². The van der Waals surface area contributed by atoms with Crippen molar-refractivity contribution < 1.29 is 4.39 Å². The fourth-order valence-electron chi connectivity index (χ4n) is 1.94. The molecule has 2 aromatic carbocycles. The van der Waals surface area contributed by atoms with E-state index in [1.165, 1.54) is 23.3 Å². The topological polar surface area (TPSA) is 49.9 Å². The van der Waals surface area contributed by atoms with Gasteiger partial charge in [-0.2, -0.15) is 11.8 Å². The van der Waals surface area contributed by atoms with Crippen LogP contribution in [0.15, 0.2) is 42.5 Å². The van der Waals surface area contributed by atoms with Crippen molar-refractivity contribution in [2.75, 3.05) is 0 Å². The van der Waals surface area contributed by atoms with Crippen LogP contribution >= 0.6 is 11.8 Å². The van der Waals surface area contributed by atoms with Crippen molar-refractivity contribution in [2.24, 2.45) is 5.73 Å². The highest BCUT2D eigenvalue weighted by Gasteiger charge is 2.04. The molecule has 20 heavy (non-hydrogen) atoms. The molecule has 0 saturated carbocycles. The first-order valence-electron chi connectivity index (χ1n) is 6.32. The molecule has 3 N–H and O–H groups in total. The van der Waals surface area contributed by atoms with Gasteiger partial charge < -0.3 is 5.73 Å². The highest BCUT2D eigenvalue weighted by molar-refractivity contribution is 7.97. The Balaban J connectivity index is 2.01. The monoisotopic (exact) mass is 288 g/mol. The van der Waals surface area contributed by atoms with Gasteiger partial charge in [0.15, 0.2) is 0 Å².